The number of hydrogen-bond acceptors (Lipinski definition) is 4. The predicted octanol–water partition coefficient (Wildman–Crippen LogP) is 5.04. The average Bonchev–Trinajstić information content (AvgIpc) is 2.71. The van der Waals surface area contributed by atoms with Crippen molar-refractivity contribution < 1.29 is 13.2 Å². The van der Waals surface area contributed by atoms with Gasteiger partial charge in [-0.25, -0.2) is 8.42 Å². The lowest BCUT2D eigenvalue weighted by Crippen LogP contribution is -2.38. The van der Waals surface area contributed by atoms with E-state index in [9.17, 15) is 13.2 Å². The normalized spacial score (nSPS) is 15.4. The second kappa shape index (κ2) is 8.98. The Balaban J connectivity index is 1.93. The number of halogens is 1. The summed E-state index contributed by atoms with van der Waals surface area (Å²) in [6, 6.07) is 9.77. The maximum Gasteiger partial charge on any atom is 0.261 e. The van der Waals surface area contributed by atoms with E-state index >= 15 is 0 Å². The minimum atomic E-state index is -3.86. The Labute approximate surface area is 181 Å². The highest BCUT2D eigenvalue weighted by Crippen LogP contribution is 2.29. The van der Waals surface area contributed by atoms with Crippen molar-refractivity contribution >= 4 is 45.0 Å². The zero-order valence-corrected chi connectivity index (χ0v) is 19.1. The first kappa shape index (κ1) is 22.0. The summed E-state index contributed by atoms with van der Waals surface area (Å²) in [5.41, 5.74) is 1.50. The first-order valence-corrected chi connectivity index (χ1v) is 12.6. The van der Waals surface area contributed by atoms with Gasteiger partial charge in [-0.15, -0.1) is 11.8 Å². The van der Waals surface area contributed by atoms with Gasteiger partial charge in [0.2, 0.25) is 0 Å². The Morgan fingerprint density at radius 3 is 2.55 bits per heavy atom. The number of nitrogens with zero attached hydrogens (tertiary/aromatic N) is 1. The van der Waals surface area contributed by atoms with Crippen molar-refractivity contribution in [1.82, 2.24) is 4.90 Å². The van der Waals surface area contributed by atoms with Gasteiger partial charge >= 0.3 is 0 Å². The van der Waals surface area contributed by atoms with Gasteiger partial charge < -0.3 is 4.90 Å². The molecule has 1 heterocycles. The van der Waals surface area contributed by atoms with Crippen LogP contribution in [0.15, 0.2) is 46.2 Å². The van der Waals surface area contributed by atoms with Crippen LogP contribution in [0.1, 0.15) is 35.7 Å². The van der Waals surface area contributed by atoms with E-state index in [1.807, 2.05) is 11.2 Å². The van der Waals surface area contributed by atoms with Crippen LogP contribution in [0.2, 0.25) is 5.02 Å². The van der Waals surface area contributed by atoms with E-state index in [0.717, 1.165) is 17.7 Å². The van der Waals surface area contributed by atoms with Crippen LogP contribution in [0.4, 0.5) is 5.69 Å². The van der Waals surface area contributed by atoms with Crippen LogP contribution in [-0.4, -0.2) is 38.6 Å². The molecule has 1 fully saturated rings. The van der Waals surface area contributed by atoms with E-state index in [4.69, 9.17) is 11.6 Å². The molecule has 1 aliphatic heterocycles. The minimum absolute atomic E-state index is 0.0587. The van der Waals surface area contributed by atoms with E-state index in [1.54, 1.807) is 31.2 Å². The number of carbonyl (C=O) groups excluding carboxylic acids is 1. The van der Waals surface area contributed by atoms with Gasteiger partial charge in [-0.2, -0.15) is 0 Å². The quantitative estimate of drug-likeness (QED) is 0.645. The maximum atomic E-state index is 13.1. The Bertz CT molecular complexity index is 1020. The third-order valence-electron chi connectivity index (χ3n) is 5.29. The molecule has 0 bridgehead atoms. The lowest BCUT2D eigenvalue weighted by Gasteiger charge is -2.30. The molecule has 5 nitrogen and oxygen atoms in total. The molecule has 0 atom stereocenters. The number of carbonyl (C=O) groups is 1. The number of piperidine rings is 1. The van der Waals surface area contributed by atoms with E-state index in [-0.39, 0.29) is 10.8 Å². The second-order valence-electron chi connectivity index (χ2n) is 7.35. The molecule has 0 aromatic heterocycles. The molecule has 1 N–H and O–H groups in total. The summed E-state index contributed by atoms with van der Waals surface area (Å²) in [6.07, 6.45) is 3.81. The number of rotatable bonds is 5. The lowest BCUT2D eigenvalue weighted by atomic mass is 9.98. The van der Waals surface area contributed by atoms with Gasteiger partial charge in [0.25, 0.3) is 15.9 Å². The Kier molecular flexibility index (Phi) is 6.81. The zero-order chi connectivity index (χ0) is 21.2. The Morgan fingerprint density at radius 1 is 1.21 bits per heavy atom. The second-order valence-corrected chi connectivity index (χ2v) is 10.3. The topological polar surface area (TPSA) is 66.5 Å². The van der Waals surface area contributed by atoms with Gasteiger partial charge in [0.05, 0.1) is 16.1 Å². The highest BCUT2D eigenvalue weighted by molar-refractivity contribution is 7.98. The number of hydrogen-bond donors (Lipinski definition) is 1. The van der Waals surface area contributed by atoms with Gasteiger partial charge in [-0.1, -0.05) is 24.6 Å². The third-order valence-corrected chi connectivity index (χ3v) is 7.86. The van der Waals surface area contributed by atoms with Crippen LogP contribution in [0, 0.1) is 12.8 Å². The number of amides is 1. The molecule has 0 unspecified atom stereocenters. The molecule has 0 spiro atoms. The molecular weight excluding hydrogens is 428 g/mol. The molecule has 2 aromatic carbocycles. The molecule has 1 amide bonds. The Hall–Kier alpha value is -1.70. The number of thioether (sulfide) groups is 1. The van der Waals surface area contributed by atoms with Crippen molar-refractivity contribution in [3.8, 4) is 0 Å². The molecule has 0 radical (unpaired) electrons. The fraction of sp³-hybridized carbons (Fsp3) is 0.381. The standard InChI is InChI=1S/C21H25ClN2O3S2/c1-14-9-11-24(12-10-14)21(25)17-13-16(7-8-20(17)28-3)29(26,27)23-19-6-4-5-18(22)15(19)2/h4-8,13-14,23H,9-12H2,1-3H3. The molecule has 0 aliphatic carbocycles. The summed E-state index contributed by atoms with van der Waals surface area (Å²) in [5.74, 6) is 0.494. The number of likely N-dealkylation sites (tertiary alicyclic amines) is 1. The molecule has 3 rings (SSSR count). The van der Waals surface area contributed by atoms with E-state index in [0.29, 0.717) is 40.8 Å². The average molecular weight is 453 g/mol. The molecule has 1 saturated heterocycles. The number of nitrogens with one attached hydrogen (secondary N) is 1. The largest absolute Gasteiger partial charge is 0.339 e. The van der Waals surface area contributed by atoms with Crippen molar-refractivity contribution in [2.75, 3.05) is 24.1 Å². The van der Waals surface area contributed by atoms with E-state index in [2.05, 4.69) is 11.6 Å². The van der Waals surface area contributed by atoms with Gasteiger partial charge in [-0.3, -0.25) is 9.52 Å². The highest BCUT2D eigenvalue weighted by Gasteiger charge is 2.25. The molecule has 29 heavy (non-hydrogen) atoms. The number of anilines is 1. The highest BCUT2D eigenvalue weighted by atomic mass is 35.5. The third kappa shape index (κ3) is 4.90. The fourth-order valence-electron chi connectivity index (χ4n) is 3.33. The van der Waals surface area contributed by atoms with E-state index in [1.165, 1.54) is 23.9 Å². The van der Waals surface area contributed by atoms with Crippen molar-refractivity contribution in [1.29, 1.82) is 0 Å². The van der Waals surface area contributed by atoms with Crippen LogP contribution in [-0.2, 0) is 10.0 Å². The summed E-state index contributed by atoms with van der Waals surface area (Å²) < 4.78 is 28.5. The lowest BCUT2D eigenvalue weighted by molar-refractivity contribution is 0.0693. The summed E-state index contributed by atoms with van der Waals surface area (Å²) in [7, 11) is -3.86. The van der Waals surface area contributed by atoms with Gasteiger partial charge in [0.1, 0.15) is 0 Å². The van der Waals surface area contributed by atoms with Gasteiger partial charge in [0.15, 0.2) is 0 Å². The summed E-state index contributed by atoms with van der Waals surface area (Å²) >= 11 is 7.54. The summed E-state index contributed by atoms with van der Waals surface area (Å²) in [6.45, 7) is 5.34. The van der Waals surface area contributed by atoms with Crippen LogP contribution >= 0.6 is 23.4 Å². The Morgan fingerprint density at radius 2 is 1.90 bits per heavy atom. The number of sulfonamides is 1. The molecule has 2 aromatic rings. The molecule has 156 valence electrons. The van der Waals surface area contributed by atoms with Crippen molar-refractivity contribution in [2.45, 2.75) is 36.5 Å². The molecule has 0 saturated carbocycles. The van der Waals surface area contributed by atoms with Crippen LogP contribution in [0.3, 0.4) is 0 Å². The van der Waals surface area contributed by atoms with Gasteiger partial charge in [0, 0.05) is 23.0 Å². The molecule has 1 aliphatic rings. The summed E-state index contributed by atoms with van der Waals surface area (Å²) in [4.78, 5) is 15.8. The monoisotopic (exact) mass is 452 g/mol. The van der Waals surface area contributed by atoms with Crippen molar-refractivity contribution in [2.24, 2.45) is 5.92 Å². The maximum absolute atomic E-state index is 13.1. The van der Waals surface area contributed by atoms with Crippen LogP contribution in [0.25, 0.3) is 0 Å². The SMILES string of the molecule is CSc1ccc(S(=O)(=O)Nc2cccc(Cl)c2C)cc1C(=O)N1CCC(C)CC1. The predicted molar refractivity (Wildman–Crippen MR) is 120 cm³/mol. The van der Waals surface area contributed by atoms with Crippen LogP contribution in [0.5, 0.6) is 0 Å². The zero-order valence-electron chi connectivity index (χ0n) is 16.7. The molecule has 8 heteroatoms. The molecular formula is C21H25ClN2O3S2. The van der Waals surface area contributed by atoms with Crippen LogP contribution < -0.4 is 4.72 Å². The smallest absolute Gasteiger partial charge is 0.261 e. The van der Waals surface area contributed by atoms with E-state index < -0.39 is 10.0 Å². The first-order chi connectivity index (χ1) is 13.7. The van der Waals surface area contributed by atoms with Crippen molar-refractivity contribution in [3.05, 3.63) is 52.5 Å². The fourth-order valence-corrected chi connectivity index (χ4v) is 5.22. The number of benzene rings is 2. The minimum Gasteiger partial charge on any atom is -0.339 e. The summed E-state index contributed by atoms with van der Waals surface area (Å²) in [5, 5.41) is 0.484. The first-order valence-electron chi connectivity index (χ1n) is 9.48. The van der Waals surface area contributed by atoms with Gasteiger partial charge in [-0.05, 0) is 67.8 Å². The van der Waals surface area contributed by atoms with Crippen molar-refractivity contribution in [3.63, 3.8) is 0 Å².